The molecule has 0 aliphatic heterocycles. The van der Waals surface area contributed by atoms with E-state index in [0.717, 1.165) is 0 Å². The fourth-order valence-electron chi connectivity index (χ4n) is 2.33. The molecule has 0 fully saturated rings. The van der Waals surface area contributed by atoms with Gasteiger partial charge in [0.25, 0.3) is 0 Å². The Morgan fingerprint density at radius 2 is 2.00 bits per heavy atom. The Labute approximate surface area is 157 Å². The van der Waals surface area contributed by atoms with Crippen LogP contribution in [0.15, 0.2) is 28.3 Å². The van der Waals surface area contributed by atoms with Gasteiger partial charge in [0.05, 0.1) is 10.6 Å². The first-order chi connectivity index (χ1) is 12.3. The van der Waals surface area contributed by atoms with E-state index in [2.05, 4.69) is 20.8 Å². The predicted molar refractivity (Wildman–Crippen MR) is 99.4 cm³/mol. The number of hydrogen-bond donors (Lipinski definition) is 1. The van der Waals surface area contributed by atoms with E-state index in [1.54, 1.807) is 40.0 Å². The van der Waals surface area contributed by atoms with E-state index in [1.807, 2.05) is 0 Å². The van der Waals surface area contributed by atoms with Gasteiger partial charge in [-0.15, -0.1) is 5.10 Å². The standard InChI is InChI=1S/C15H22N6O3S2/c1-5-21(6-2)26(23,24)13-9-12(8-7-11(13)3)16-14(22)10-25-15-17-18-19-20(15)4/h7-9H,5-6,10H2,1-4H3,(H,16,22). The number of carbonyl (C=O) groups is 1. The molecule has 1 aromatic carbocycles. The van der Waals surface area contributed by atoms with E-state index < -0.39 is 10.0 Å². The summed E-state index contributed by atoms with van der Waals surface area (Å²) in [5.74, 6) is -0.159. The number of anilines is 1. The van der Waals surface area contributed by atoms with Crippen LogP contribution in [0.2, 0.25) is 0 Å². The van der Waals surface area contributed by atoms with Gasteiger partial charge in [-0.25, -0.2) is 13.1 Å². The van der Waals surface area contributed by atoms with Crippen LogP contribution in [0, 0.1) is 6.92 Å². The summed E-state index contributed by atoms with van der Waals surface area (Å²) >= 11 is 1.19. The number of amides is 1. The van der Waals surface area contributed by atoms with Crippen LogP contribution in [0.25, 0.3) is 0 Å². The largest absolute Gasteiger partial charge is 0.325 e. The van der Waals surface area contributed by atoms with Gasteiger partial charge in [0, 0.05) is 25.8 Å². The molecule has 0 bridgehead atoms. The predicted octanol–water partition coefficient (Wildman–Crippen LogP) is 1.28. The SMILES string of the molecule is CCN(CC)S(=O)(=O)c1cc(NC(=O)CSc2nnnn2C)ccc1C. The Bertz CT molecular complexity index is 877. The Morgan fingerprint density at radius 1 is 1.31 bits per heavy atom. The molecule has 2 aromatic rings. The molecule has 0 radical (unpaired) electrons. The first-order valence-corrected chi connectivity index (χ1v) is 10.5. The lowest BCUT2D eigenvalue weighted by atomic mass is 10.2. The maximum Gasteiger partial charge on any atom is 0.243 e. The van der Waals surface area contributed by atoms with E-state index in [0.29, 0.717) is 29.5 Å². The molecule has 1 N–H and O–H groups in total. The molecule has 0 unspecified atom stereocenters. The highest BCUT2D eigenvalue weighted by Gasteiger charge is 2.24. The van der Waals surface area contributed by atoms with Crippen molar-refractivity contribution in [2.75, 3.05) is 24.2 Å². The summed E-state index contributed by atoms with van der Waals surface area (Å²) in [6, 6.07) is 4.87. The molecule has 1 heterocycles. The van der Waals surface area contributed by atoms with Gasteiger partial charge in [0.15, 0.2) is 0 Å². The maximum atomic E-state index is 12.8. The zero-order valence-electron chi connectivity index (χ0n) is 15.1. The van der Waals surface area contributed by atoms with Crippen molar-refractivity contribution < 1.29 is 13.2 Å². The monoisotopic (exact) mass is 398 g/mol. The van der Waals surface area contributed by atoms with Crippen molar-refractivity contribution in [1.29, 1.82) is 0 Å². The van der Waals surface area contributed by atoms with Crippen LogP contribution in [0.4, 0.5) is 5.69 Å². The molecule has 0 saturated heterocycles. The number of tetrazole rings is 1. The van der Waals surface area contributed by atoms with E-state index in [-0.39, 0.29) is 16.6 Å². The molecule has 2 rings (SSSR count). The first kappa shape index (κ1) is 20.3. The van der Waals surface area contributed by atoms with Gasteiger partial charge in [-0.05, 0) is 35.0 Å². The second-order valence-electron chi connectivity index (χ2n) is 5.49. The molecule has 0 atom stereocenters. The highest BCUT2D eigenvalue weighted by Crippen LogP contribution is 2.24. The highest BCUT2D eigenvalue weighted by molar-refractivity contribution is 7.99. The molecule has 0 aliphatic carbocycles. The van der Waals surface area contributed by atoms with Crippen LogP contribution in [0.1, 0.15) is 19.4 Å². The number of aromatic nitrogens is 4. The van der Waals surface area contributed by atoms with Gasteiger partial charge in [-0.3, -0.25) is 4.79 Å². The Kier molecular flexibility index (Phi) is 6.73. The van der Waals surface area contributed by atoms with Gasteiger partial charge in [-0.2, -0.15) is 4.31 Å². The smallest absolute Gasteiger partial charge is 0.243 e. The van der Waals surface area contributed by atoms with Gasteiger partial charge in [0.2, 0.25) is 21.1 Å². The molecule has 142 valence electrons. The van der Waals surface area contributed by atoms with Crippen LogP contribution < -0.4 is 5.32 Å². The summed E-state index contributed by atoms with van der Waals surface area (Å²) in [5.41, 5.74) is 1.07. The second-order valence-corrected chi connectivity index (χ2v) is 8.34. The number of aryl methyl sites for hydroxylation is 2. The van der Waals surface area contributed by atoms with Crippen LogP contribution in [-0.2, 0) is 21.9 Å². The second kappa shape index (κ2) is 8.60. The maximum absolute atomic E-state index is 12.8. The lowest BCUT2D eigenvalue weighted by Gasteiger charge is -2.20. The third kappa shape index (κ3) is 4.59. The van der Waals surface area contributed by atoms with Gasteiger partial charge < -0.3 is 5.32 Å². The zero-order valence-corrected chi connectivity index (χ0v) is 16.8. The highest BCUT2D eigenvalue weighted by atomic mass is 32.2. The number of nitrogens with zero attached hydrogens (tertiary/aromatic N) is 5. The zero-order chi connectivity index (χ0) is 19.3. The third-order valence-corrected chi connectivity index (χ3v) is 6.91. The van der Waals surface area contributed by atoms with Gasteiger partial charge >= 0.3 is 0 Å². The molecule has 0 aliphatic rings. The molecular formula is C15H22N6O3S2. The Morgan fingerprint density at radius 3 is 2.58 bits per heavy atom. The molecule has 1 amide bonds. The normalized spacial score (nSPS) is 11.7. The van der Waals surface area contributed by atoms with Crippen molar-refractivity contribution in [2.24, 2.45) is 7.05 Å². The first-order valence-electron chi connectivity index (χ1n) is 8.05. The van der Waals surface area contributed by atoms with Gasteiger partial charge in [0.1, 0.15) is 0 Å². The average Bonchev–Trinajstić information content (AvgIpc) is 3.00. The number of hydrogen-bond acceptors (Lipinski definition) is 7. The van der Waals surface area contributed by atoms with Crippen molar-refractivity contribution >= 4 is 33.4 Å². The number of rotatable bonds is 8. The molecular weight excluding hydrogens is 376 g/mol. The average molecular weight is 399 g/mol. The van der Waals surface area contributed by atoms with Crippen LogP contribution >= 0.6 is 11.8 Å². The molecule has 1 aromatic heterocycles. The fraction of sp³-hybridized carbons (Fsp3) is 0.467. The van der Waals surface area contributed by atoms with E-state index in [4.69, 9.17) is 0 Å². The third-order valence-electron chi connectivity index (χ3n) is 3.71. The number of nitrogens with one attached hydrogen (secondary N) is 1. The van der Waals surface area contributed by atoms with E-state index in [1.165, 1.54) is 26.8 Å². The summed E-state index contributed by atoms with van der Waals surface area (Å²) in [4.78, 5) is 12.3. The lowest BCUT2D eigenvalue weighted by Crippen LogP contribution is -2.31. The van der Waals surface area contributed by atoms with E-state index >= 15 is 0 Å². The van der Waals surface area contributed by atoms with Crippen molar-refractivity contribution in [2.45, 2.75) is 30.8 Å². The number of sulfonamides is 1. The van der Waals surface area contributed by atoms with Crippen LogP contribution in [-0.4, -0.2) is 57.7 Å². The topological polar surface area (TPSA) is 110 Å². The summed E-state index contributed by atoms with van der Waals surface area (Å²) in [7, 11) is -1.91. The molecule has 0 saturated carbocycles. The molecule has 9 nitrogen and oxygen atoms in total. The number of carbonyl (C=O) groups excluding carboxylic acids is 1. The van der Waals surface area contributed by atoms with Crippen molar-refractivity contribution in [3.05, 3.63) is 23.8 Å². The number of benzene rings is 1. The number of thioether (sulfide) groups is 1. The van der Waals surface area contributed by atoms with Crippen molar-refractivity contribution in [3.8, 4) is 0 Å². The van der Waals surface area contributed by atoms with Crippen molar-refractivity contribution in [1.82, 2.24) is 24.5 Å². The summed E-state index contributed by atoms with van der Waals surface area (Å²) < 4.78 is 28.4. The minimum absolute atomic E-state index is 0.111. The minimum Gasteiger partial charge on any atom is -0.325 e. The molecule has 0 spiro atoms. The lowest BCUT2D eigenvalue weighted by molar-refractivity contribution is -0.113. The summed E-state index contributed by atoms with van der Waals surface area (Å²) in [6.07, 6.45) is 0. The Hall–Kier alpha value is -1.98. The quantitative estimate of drug-likeness (QED) is 0.667. The molecule has 11 heteroatoms. The van der Waals surface area contributed by atoms with E-state index in [9.17, 15) is 13.2 Å². The molecule has 26 heavy (non-hydrogen) atoms. The fourth-order valence-corrected chi connectivity index (χ4v) is 4.69. The van der Waals surface area contributed by atoms with Crippen molar-refractivity contribution in [3.63, 3.8) is 0 Å². The Balaban J connectivity index is 2.13. The summed E-state index contributed by atoms with van der Waals surface area (Å²) in [6.45, 7) is 6.09. The van der Waals surface area contributed by atoms with Crippen LogP contribution in [0.5, 0.6) is 0 Å². The van der Waals surface area contributed by atoms with Gasteiger partial charge in [-0.1, -0.05) is 31.7 Å². The van der Waals surface area contributed by atoms with Crippen LogP contribution in [0.3, 0.4) is 0 Å². The minimum atomic E-state index is -3.60. The summed E-state index contributed by atoms with van der Waals surface area (Å²) in [5, 5.41) is 14.2.